The van der Waals surface area contributed by atoms with E-state index >= 15 is 0 Å². The maximum absolute atomic E-state index is 12.0. The number of amides is 2. The molecule has 0 aromatic carbocycles. The second-order valence-electron chi connectivity index (χ2n) is 5.39. The molecule has 1 saturated heterocycles. The van der Waals surface area contributed by atoms with Crippen molar-refractivity contribution in [1.82, 2.24) is 10.0 Å². The molecule has 2 N–H and O–H groups in total. The van der Waals surface area contributed by atoms with E-state index in [9.17, 15) is 9.59 Å². The van der Waals surface area contributed by atoms with E-state index in [0.29, 0.717) is 18.7 Å². The normalized spacial score (nSPS) is 19.1. The maximum Gasteiger partial charge on any atom is 0.435 e. The average Bonchev–Trinajstić information content (AvgIpc) is 2.95. The van der Waals surface area contributed by atoms with Crippen LogP contribution in [0.2, 0.25) is 0 Å². The number of nitrogens with two attached hydrogens (primary N) is 1. The fourth-order valence-electron chi connectivity index (χ4n) is 1.78. The number of carbonyl (C=O) groups is 2. The molecule has 1 aromatic rings. The van der Waals surface area contributed by atoms with Crippen molar-refractivity contribution in [3.63, 3.8) is 0 Å². The Hall–Kier alpha value is -1.67. The van der Waals surface area contributed by atoms with Gasteiger partial charge in [-0.1, -0.05) is 0 Å². The molecule has 0 unspecified atom stereocenters. The summed E-state index contributed by atoms with van der Waals surface area (Å²) in [5.74, 6) is -0.580. The largest absolute Gasteiger partial charge is 0.442 e. The average molecular weight is 299 g/mol. The van der Waals surface area contributed by atoms with Gasteiger partial charge in [0.1, 0.15) is 11.6 Å². The van der Waals surface area contributed by atoms with E-state index in [4.69, 9.17) is 15.3 Å². The first-order chi connectivity index (χ1) is 9.28. The molecule has 20 heavy (non-hydrogen) atoms. The molecular formula is C12H17N3O4S. The van der Waals surface area contributed by atoms with Crippen LogP contribution in [0, 0.1) is 0 Å². The van der Waals surface area contributed by atoms with Crippen LogP contribution in [0.25, 0.3) is 0 Å². The van der Waals surface area contributed by atoms with Crippen molar-refractivity contribution in [3.8, 4) is 0 Å². The first-order valence-corrected chi connectivity index (χ1v) is 7.06. The highest BCUT2D eigenvalue weighted by molar-refractivity contribution is 7.11. The van der Waals surface area contributed by atoms with Crippen LogP contribution in [0.15, 0.2) is 5.38 Å². The van der Waals surface area contributed by atoms with Crippen LogP contribution in [0.4, 0.5) is 4.79 Å². The molecule has 0 aliphatic carbocycles. The van der Waals surface area contributed by atoms with E-state index in [1.54, 1.807) is 26.2 Å². The summed E-state index contributed by atoms with van der Waals surface area (Å²) in [4.78, 5) is 32.6. The number of primary amides is 1. The summed E-state index contributed by atoms with van der Waals surface area (Å²) in [7, 11) is 0. The third-order valence-electron chi connectivity index (χ3n) is 2.55. The van der Waals surface area contributed by atoms with Gasteiger partial charge >= 0.3 is 6.09 Å². The van der Waals surface area contributed by atoms with Crippen molar-refractivity contribution in [3.05, 3.63) is 16.1 Å². The molecule has 0 radical (unpaired) electrons. The van der Waals surface area contributed by atoms with E-state index in [-0.39, 0.29) is 11.0 Å². The molecule has 1 aliphatic heterocycles. The van der Waals surface area contributed by atoms with Gasteiger partial charge in [-0.15, -0.1) is 11.3 Å². The van der Waals surface area contributed by atoms with Crippen molar-refractivity contribution in [2.45, 2.75) is 38.8 Å². The third-order valence-corrected chi connectivity index (χ3v) is 3.43. The Kier molecular flexibility index (Phi) is 3.96. The van der Waals surface area contributed by atoms with Crippen molar-refractivity contribution in [2.75, 3.05) is 6.61 Å². The van der Waals surface area contributed by atoms with Gasteiger partial charge in [-0.05, 0) is 20.8 Å². The lowest BCUT2D eigenvalue weighted by atomic mass is 10.2. The quantitative estimate of drug-likeness (QED) is 0.899. The molecule has 110 valence electrons. The summed E-state index contributed by atoms with van der Waals surface area (Å²) in [5.41, 5.74) is 5.16. The molecular weight excluding hydrogens is 282 g/mol. The number of thiazole rings is 1. The van der Waals surface area contributed by atoms with Crippen LogP contribution in [0.3, 0.4) is 0 Å². The summed E-state index contributed by atoms with van der Waals surface area (Å²) < 4.78 is 5.27. The molecule has 0 bridgehead atoms. The van der Waals surface area contributed by atoms with Gasteiger partial charge in [-0.25, -0.2) is 9.78 Å². The zero-order chi connectivity index (χ0) is 14.9. The molecule has 1 aliphatic rings. The Bertz CT molecular complexity index is 523. The summed E-state index contributed by atoms with van der Waals surface area (Å²) in [6.45, 7) is 5.74. The number of hydrogen-bond donors (Lipinski definition) is 1. The topological polar surface area (TPSA) is 94.7 Å². The summed E-state index contributed by atoms with van der Waals surface area (Å²) in [6.07, 6.45) is 0.0369. The van der Waals surface area contributed by atoms with Crippen LogP contribution in [0.5, 0.6) is 0 Å². The fraction of sp³-hybridized carbons (Fsp3) is 0.583. The highest BCUT2D eigenvalue weighted by atomic mass is 32.1. The molecule has 0 saturated carbocycles. The van der Waals surface area contributed by atoms with Gasteiger partial charge in [-0.3, -0.25) is 9.63 Å². The molecule has 1 fully saturated rings. The Balaban J connectivity index is 2.14. The van der Waals surface area contributed by atoms with Gasteiger partial charge in [0, 0.05) is 11.8 Å². The highest BCUT2D eigenvalue weighted by Crippen LogP contribution is 2.32. The lowest BCUT2D eigenvalue weighted by molar-refractivity contribution is -0.125. The van der Waals surface area contributed by atoms with Crippen LogP contribution in [-0.2, 0) is 9.57 Å². The van der Waals surface area contributed by atoms with E-state index in [0.717, 1.165) is 11.3 Å². The predicted octanol–water partition coefficient (Wildman–Crippen LogP) is 1.86. The lowest BCUT2D eigenvalue weighted by Gasteiger charge is -2.26. The standard InChI is InChI=1S/C12H17N3O4S/c1-12(2,3)19-11(17)15-8(4-5-18-15)7-6-20-10(14-7)9(13)16/h6,8H,4-5H2,1-3H3,(H2,13,16)/t8-/m0/s1. The maximum atomic E-state index is 12.0. The van der Waals surface area contributed by atoms with Gasteiger partial charge in [0.05, 0.1) is 12.3 Å². The van der Waals surface area contributed by atoms with Gasteiger partial charge in [-0.2, -0.15) is 5.06 Å². The van der Waals surface area contributed by atoms with Crippen molar-refractivity contribution in [1.29, 1.82) is 0 Å². The van der Waals surface area contributed by atoms with E-state index in [1.165, 1.54) is 5.06 Å². The smallest absolute Gasteiger partial charge is 0.435 e. The zero-order valence-corrected chi connectivity index (χ0v) is 12.4. The Morgan fingerprint density at radius 1 is 1.55 bits per heavy atom. The monoisotopic (exact) mass is 299 g/mol. The third kappa shape index (κ3) is 3.26. The predicted molar refractivity (Wildman–Crippen MR) is 72.0 cm³/mol. The van der Waals surface area contributed by atoms with Crippen molar-refractivity contribution < 1.29 is 19.2 Å². The molecule has 8 heteroatoms. The van der Waals surface area contributed by atoms with Crippen LogP contribution >= 0.6 is 11.3 Å². The van der Waals surface area contributed by atoms with Gasteiger partial charge < -0.3 is 10.5 Å². The minimum atomic E-state index is -0.603. The first kappa shape index (κ1) is 14.7. The molecule has 2 heterocycles. The first-order valence-electron chi connectivity index (χ1n) is 6.18. The van der Waals surface area contributed by atoms with E-state index in [1.807, 2.05) is 0 Å². The number of carbonyl (C=O) groups excluding carboxylic acids is 2. The minimum Gasteiger partial charge on any atom is -0.442 e. The van der Waals surface area contributed by atoms with Gasteiger partial charge in [0.25, 0.3) is 5.91 Å². The van der Waals surface area contributed by atoms with Crippen molar-refractivity contribution >= 4 is 23.3 Å². The van der Waals surface area contributed by atoms with E-state index < -0.39 is 17.6 Å². The number of aromatic nitrogens is 1. The fourth-order valence-corrected chi connectivity index (χ4v) is 2.49. The molecule has 2 amide bonds. The molecule has 0 spiro atoms. The summed E-state index contributed by atoms with van der Waals surface area (Å²) in [5, 5.41) is 3.10. The van der Waals surface area contributed by atoms with Crippen LogP contribution < -0.4 is 5.73 Å². The van der Waals surface area contributed by atoms with Crippen molar-refractivity contribution in [2.24, 2.45) is 5.73 Å². The Labute approximate surface area is 120 Å². The molecule has 2 rings (SSSR count). The Morgan fingerprint density at radius 2 is 2.25 bits per heavy atom. The molecule has 1 aromatic heterocycles. The van der Waals surface area contributed by atoms with Gasteiger partial charge in [0.2, 0.25) is 0 Å². The van der Waals surface area contributed by atoms with Crippen LogP contribution in [-0.4, -0.2) is 34.3 Å². The highest BCUT2D eigenvalue weighted by Gasteiger charge is 2.36. The number of hydroxylamine groups is 2. The second-order valence-corrected chi connectivity index (χ2v) is 6.24. The minimum absolute atomic E-state index is 0.219. The summed E-state index contributed by atoms with van der Waals surface area (Å²) >= 11 is 1.15. The Morgan fingerprint density at radius 3 is 2.80 bits per heavy atom. The SMILES string of the molecule is CC(C)(C)OC(=O)N1OCC[C@H]1c1csc(C(N)=O)n1. The van der Waals surface area contributed by atoms with Gasteiger partial charge in [0.15, 0.2) is 5.01 Å². The van der Waals surface area contributed by atoms with Crippen LogP contribution in [0.1, 0.15) is 48.7 Å². The number of hydrogen-bond acceptors (Lipinski definition) is 6. The number of nitrogens with zero attached hydrogens (tertiary/aromatic N) is 2. The lowest BCUT2D eigenvalue weighted by Crippen LogP contribution is -2.35. The molecule has 1 atom stereocenters. The zero-order valence-electron chi connectivity index (χ0n) is 11.6. The summed E-state index contributed by atoms with van der Waals surface area (Å²) in [6, 6.07) is -0.353. The number of ether oxygens (including phenoxy) is 1. The molecule has 7 nitrogen and oxygen atoms in total. The second kappa shape index (κ2) is 5.37. The number of rotatable bonds is 2. The van der Waals surface area contributed by atoms with E-state index in [2.05, 4.69) is 4.98 Å².